The lowest BCUT2D eigenvalue weighted by Gasteiger charge is -2.12. The van der Waals surface area contributed by atoms with Crippen molar-refractivity contribution in [1.29, 1.82) is 0 Å². The smallest absolute Gasteiger partial charge is 0.344 e. The Morgan fingerprint density at radius 3 is 2.32 bits per heavy atom. The normalized spacial score (nSPS) is 10.4. The standard InChI is InChI=1S/C23H22O2/c1-2-3-11-19-14-7-10-17-22(19)25-23(24)21-16-9-8-15-20(21)18-12-5-4-6-13-18/h4-10,12-17H,2-3,11H2,1H3. The molecule has 126 valence electrons. The minimum Gasteiger partial charge on any atom is -0.423 e. The Balaban J connectivity index is 1.88. The average Bonchev–Trinajstić information content (AvgIpc) is 2.68. The molecule has 3 aromatic carbocycles. The van der Waals surface area contributed by atoms with E-state index in [0.29, 0.717) is 11.3 Å². The third kappa shape index (κ3) is 4.16. The SMILES string of the molecule is CCCCc1ccccc1OC(=O)c1ccccc1-c1ccccc1. The number of hydrogen-bond acceptors (Lipinski definition) is 2. The Bertz CT molecular complexity index is 837. The predicted octanol–water partition coefficient (Wildman–Crippen LogP) is 5.92. The van der Waals surface area contributed by atoms with E-state index in [1.807, 2.05) is 78.9 Å². The zero-order valence-corrected chi connectivity index (χ0v) is 14.4. The highest BCUT2D eigenvalue weighted by Crippen LogP contribution is 2.26. The number of benzene rings is 3. The molecule has 2 nitrogen and oxygen atoms in total. The summed E-state index contributed by atoms with van der Waals surface area (Å²) in [5.41, 5.74) is 3.56. The van der Waals surface area contributed by atoms with Gasteiger partial charge in [-0.15, -0.1) is 0 Å². The number of para-hydroxylation sites is 1. The third-order valence-corrected chi connectivity index (χ3v) is 4.21. The monoisotopic (exact) mass is 330 g/mol. The Morgan fingerprint density at radius 1 is 0.840 bits per heavy atom. The Morgan fingerprint density at radius 2 is 1.52 bits per heavy atom. The number of unbranched alkanes of at least 4 members (excludes halogenated alkanes) is 1. The van der Waals surface area contributed by atoms with Crippen molar-refractivity contribution in [1.82, 2.24) is 0 Å². The first-order valence-corrected chi connectivity index (χ1v) is 8.74. The van der Waals surface area contributed by atoms with E-state index in [2.05, 4.69) is 6.92 Å². The topological polar surface area (TPSA) is 26.3 Å². The van der Waals surface area contributed by atoms with E-state index in [-0.39, 0.29) is 5.97 Å². The number of carbonyl (C=O) groups excluding carboxylic acids is 1. The van der Waals surface area contributed by atoms with Crippen LogP contribution in [-0.4, -0.2) is 5.97 Å². The molecule has 0 N–H and O–H groups in total. The highest BCUT2D eigenvalue weighted by molar-refractivity contribution is 5.98. The van der Waals surface area contributed by atoms with E-state index in [0.717, 1.165) is 36.0 Å². The summed E-state index contributed by atoms with van der Waals surface area (Å²) in [5, 5.41) is 0. The fraction of sp³-hybridized carbons (Fsp3) is 0.174. The van der Waals surface area contributed by atoms with Gasteiger partial charge in [0.2, 0.25) is 0 Å². The first-order chi connectivity index (χ1) is 12.3. The van der Waals surface area contributed by atoms with Crippen LogP contribution in [0.5, 0.6) is 5.75 Å². The molecule has 0 heterocycles. The van der Waals surface area contributed by atoms with Crippen LogP contribution in [0, 0.1) is 0 Å². The molecule has 0 spiro atoms. The molecule has 0 radical (unpaired) electrons. The molecule has 0 saturated heterocycles. The maximum Gasteiger partial charge on any atom is 0.344 e. The van der Waals surface area contributed by atoms with E-state index < -0.39 is 0 Å². The van der Waals surface area contributed by atoms with Gasteiger partial charge in [0, 0.05) is 0 Å². The Hall–Kier alpha value is -2.87. The summed E-state index contributed by atoms with van der Waals surface area (Å²) < 4.78 is 5.75. The van der Waals surface area contributed by atoms with Crippen molar-refractivity contribution < 1.29 is 9.53 Å². The van der Waals surface area contributed by atoms with Gasteiger partial charge in [0.05, 0.1) is 5.56 Å². The molecule has 0 aliphatic carbocycles. The molecule has 0 fully saturated rings. The van der Waals surface area contributed by atoms with Gasteiger partial charge in [-0.05, 0) is 41.7 Å². The maximum absolute atomic E-state index is 12.8. The number of hydrogen-bond donors (Lipinski definition) is 0. The molecule has 0 bridgehead atoms. The van der Waals surface area contributed by atoms with E-state index in [9.17, 15) is 4.79 Å². The number of rotatable bonds is 6. The van der Waals surface area contributed by atoms with Crippen molar-refractivity contribution in [3.8, 4) is 16.9 Å². The van der Waals surface area contributed by atoms with Gasteiger partial charge in [0.15, 0.2) is 0 Å². The number of aryl methyl sites for hydroxylation is 1. The van der Waals surface area contributed by atoms with E-state index in [1.165, 1.54) is 0 Å². The first kappa shape index (κ1) is 17.0. The van der Waals surface area contributed by atoms with Crippen LogP contribution >= 0.6 is 0 Å². The second-order valence-corrected chi connectivity index (χ2v) is 6.01. The summed E-state index contributed by atoms with van der Waals surface area (Å²) >= 11 is 0. The minimum atomic E-state index is -0.316. The molecule has 0 aliphatic rings. The zero-order chi connectivity index (χ0) is 17.5. The summed E-state index contributed by atoms with van der Waals surface area (Å²) in [6, 6.07) is 25.3. The second kappa shape index (κ2) is 8.29. The summed E-state index contributed by atoms with van der Waals surface area (Å²) in [4.78, 5) is 12.8. The Labute approximate surface area is 149 Å². The fourth-order valence-electron chi connectivity index (χ4n) is 2.86. The van der Waals surface area contributed by atoms with Gasteiger partial charge >= 0.3 is 5.97 Å². The van der Waals surface area contributed by atoms with Crippen molar-refractivity contribution in [3.63, 3.8) is 0 Å². The molecular formula is C23H22O2. The van der Waals surface area contributed by atoms with Crippen molar-refractivity contribution in [3.05, 3.63) is 90.0 Å². The molecule has 2 heteroatoms. The quantitative estimate of drug-likeness (QED) is 0.414. The average molecular weight is 330 g/mol. The molecule has 0 unspecified atom stereocenters. The Kier molecular flexibility index (Phi) is 5.63. The van der Waals surface area contributed by atoms with Crippen LogP contribution in [0.3, 0.4) is 0 Å². The molecule has 3 rings (SSSR count). The van der Waals surface area contributed by atoms with Crippen LogP contribution in [0.1, 0.15) is 35.7 Å². The van der Waals surface area contributed by atoms with Gasteiger partial charge < -0.3 is 4.74 Å². The van der Waals surface area contributed by atoms with Crippen LogP contribution in [-0.2, 0) is 6.42 Å². The number of carbonyl (C=O) groups is 1. The highest BCUT2D eigenvalue weighted by atomic mass is 16.5. The maximum atomic E-state index is 12.8. The van der Waals surface area contributed by atoms with Gasteiger partial charge in [0.1, 0.15) is 5.75 Å². The number of esters is 1. The van der Waals surface area contributed by atoms with Crippen molar-refractivity contribution in [2.24, 2.45) is 0 Å². The molecule has 0 aliphatic heterocycles. The van der Waals surface area contributed by atoms with Crippen LogP contribution in [0.25, 0.3) is 11.1 Å². The lowest BCUT2D eigenvalue weighted by molar-refractivity contribution is 0.0734. The van der Waals surface area contributed by atoms with Gasteiger partial charge in [-0.25, -0.2) is 4.79 Å². The minimum absolute atomic E-state index is 0.316. The van der Waals surface area contributed by atoms with Crippen molar-refractivity contribution >= 4 is 5.97 Å². The molecular weight excluding hydrogens is 308 g/mol. The van der Waals surface area contributed by atoms with E-state index >= 15 is 0 Å². The molecule has 25 heavy (non-hydrogen) atoms. The lowest BCUT2D eigenvalue weighted by Crippen LogP contribution is -2.11. The van der Waals surface area contributed by atoms with Crippen molar-refractivity contribution in [2.75, 3.05) is 0 Å². The molecule has 3 aromatic rings. The van der Waals surface area contributed by atoms with Gasteiger partial charge in [-0.1, -0.05) is 80.1 Å². The van der Waals surface area contributed by atoms with Gasteiger partial charge in [-0.2, -0.15) is 0 Å². The summed E-state index contributed by atoms with van der Waals surface area (Å²) in [6.45, 7) is 2.16. The van der Waals surface area contributed by atoms with Crippen LogP contribution < -0.4 is 4.74 Å². The van der Waals surface area contributed by atoms with Crippen LogP contribution in [0.4, 0.5) is 0 Å². The number of ether oxygens (including phenoxy) is 1. The van der Waals surface area contributed by atoms with E-state index in [1.54, 1.807) is 0 Å². The third-order valence-electron chi connectivity index (χ3n) is 4.21. The van der Waals surface area contributed by atoms with E-state index in [4.69, 9.17) is 4.74 Å². The van der Waals surface area contributed by atoms with Crippen LogP contribution in [0.15, 0.2) is 78.9 Å². The summed E-state index contributed by atoms with van der Waals surface area (Å²) in [5.74, 6) is 0.340. The predicted molar refractivity (Wildman–Crippen MR) is 102 cm³/mol. The fourth-order valence-corrected chi connectivity index (χ4v) is 2.86. The highest BCUT2D eigenvalue weighted by Gasteiger charge is 2.15. The second-order valence-electron chi connectivity index (χ2n) is 6.01. The van der Waals surface area contributed by atoms with Gasteiger partial charge in [0.25, 0.3) is 0 Å². The van der Waals surface area contributed by atoms with Crippen LogP contribution in [0.2, 0.25) is 0 Å². The molecule has 0 saturated carbocycles. The molecule has 0 aromatic heterocycles. The zero-order valence-electron chi connectivity index (χ0n) is 14.4. The van der Waals surface area contributed by atoms with Crippen molar-refractivity contribution in [2.45, 2.75) is 26.2 Å². The summed E-state index contributed by atoms with van der Waals surface area (Å²) in [6.07, 6.45) is 3.11. The largest absolute Gasteiger partial charge is 0.423 e. The first-order valence-electron chi connectivity index (χ1n) is 8.74. The molecule has 0 atom stereocenters. The summed E-state index contributed by atoms with van der Waals surface area (Å²) in [7, 11) is 0. The van der Waals surface area contributed by atoms with Gasteiger partial charge in [-0.3, -0.25) is 0 Å². The molecule has 0 amide bonds. The lowest BCUT2D eigenvalue weighted by atomic mass is 10.00.